The van der Waals surface area contributed by atoms with Crippen molar-refractivity contribution in [2.45, 2.75) is 40.0 Å². The average molecular weight is 212 g/mol. The first-order chi connectivity index (χ1) is 7.17. The van der Waals surface area contributed by atoms with Crippen LogP contribution in [0.3, 0.4) is 0 Å². The van der Waals surface area contributed by atoms with Crippen molar-refractivity contribution in [2.75, 3.05) is 26.2 Å². The number of rotatable bonds is 5. The van der Waals surface area contributed by atoms with Gasteiger partial charge in [-0.3, -0.25) is 0 Å². The molecule has 0 bridgehead atoms. The Morgan fingerprint density at radius 3 is 2.73 bits per heavy atom. The first-order valence-electron chi connectivity index (χ1n) is 6.59. The fraction of sp³-hybridized carbons (Fsp3) is 1.00. The van der Waals surface area contributed by atoms with E-state index in [1.807, 2.05) is 0 Å². The van der Waals surface area contributed by atoms with E-state index < -0.39 is 0 Å². The van der Waals surface area contributed by atoms with Gasteiger partial charge in [0.25, 0.3) is 0 Å². The summed E-state index contributed by atoms with van der Waals surface area (Å²) in [5.74, 6) is 2.41. The van der Waals surface area contributed by atoms with Crippen molar-refractivity contribution >= 4 is 0 Å². The van der Waals surface area contributed by atoms with Crippen LogP contribution in [-0.4, -0.2) is 31.1 Å². The number of likely N-dealkylation sites (tertiary alicyclic amines) is 1. The molecule has 1 heterocycles. The first-order valence-corrected chi connectivity index (χ1v) is 6.59. The molecule has 1 aliphatic rings. The molecule has 0 spiro atoms. The minimum atomic E-state index is 0.766. The van der Waals surface area contributed by atoms with Gasteiger partial charge in [0.05, 0.1) is 0 Å². The maximum absolute atomic E-state index is 5.77. The molecule has 2 nitrogen and oxygen atoms in total. The molecule has 1 saturated heterocycles. The molecule has 2 N–H and O–H groups in total. The monoisotopic (exact) mass is 212 g/mol. The van der Waals surface area contributed by atoms with Crippen LogP contribution in [0.1, 0.15) is 40.0 Å². The topological polar surface area (TPSA) is 29.3 Å². The number of hydrogen-bond donors (Lipinski definition) is 1. The zero-order chi connectivity index (χ0) is 11.3. The molecule has 0 saturated carbocycles. The standard InChI is InChI=1S/C13H28N2/c1-4-5-11(2)9-15-7-6-13(8-14)12(3)10-15/h11-13H,4-10,14H2,1-3H3. The van der Waals surface area contributed by atoms with Gasteiger partial charge in [-0.15, -0.1) is 0 Å². The van der Waals surface area contributed by atoms with Gasteiger partial charge in [0.1, 0.15) is 0 Å². The smallest absolute Gasteiger partial charge is 0.00103 e. The van der Waals surface area contributed by atoms with Gasteiger partial charge in [-0.1, -0.05) is 27.2 Å². The lowest BCUT2D eigenvalue weighted by molar-refractivity contribution is 0.117. The van der Waals surface area contributed by atoms with Crippen molar-refractivity contribution in [3.8, 4) is 0 Å². The third-order valence-electron chi connectivity index (χ3n) is 3.82. The van der Waals surface area contributed by atoms with Crippen LogP contribution in [0, 0.1) is 17.8 Å². The predicted octanol–water partition coefficient (Wildman–Crippen LogP) is 2.34. The summed E-state index contributed by atoms with van der Waals surface area (Å²) in [6.45, 7) is 11.7. The fourth-order valence-electron chi connectivity index (χ4n) is 2.82. The Balaban J connectivity index is 2.28. The summed E-state index contributed by atoms with van der Waals surface area (Å²) >= 11 is 0. The Labute approximate surface area is 95.2 Å². The van der Waals surface area contributed by atoms with Crippen LogP contribution in [0.2, 0.25) is 0 Å². The molecular weight excluding hydrogens is 184 g/mol. The summed E-state index contributed by atoms with van der Waals surface area (Å²) in [7, 11) is 0. The molecule has 3 unspecified atom stereocenters. The normalized spacial score (nSPS) is 30.4. The Hall–Kier alpha value is -0.0800. The summed E-state index contributed by atoms with van der Waals surface area (Å²) in [5.41, 5.74) is 5.77. The van der Waals surface area contributed by atoms with Gasteiger partial charge in [0.2, 0.25) is 0 Å². The molecule has 0 aromatic carbocycles. The van der Waals surface area contributed by atoms with Crippen LogP contribution in [0.4, 0.5) is 0 Å². The molecule has 1 aliphatic heterocycles. The summed E-state index contributed by atoms with van der Waals surface area (Å²) in [5, 5.41) is 0. The van der Waals surface area contributed by atoms with E-state index in [4.69, 9.17) is 5.73 Å². The number of nitrogens with zero attached hydrogens (tertiary/aromatic N) is 1. The van der Waals surface area contributed by atoms with Crippen LogP contribution in [0.25, 0.3) is 0 Å². The quantitative estimate of drug-likeness (QED) is 0.758. The number of piperidine rings is 1. The fourth-order valence-corrected chi connectivity index (χ4v) is 2.82. The lowest BCUT2D eigenvalue weighted by Crippen LogP contribution is -2.43. The van der Waals surface area contributed by atoms with E-state index in [1.54, 1.807) is 0 Å². The lowest BCUT2D eigenvalue weighted by Gasteiger charge is -2.37. The second kappa shape index (κ2) is 6.49. The summed E-state index contributed by atoms with van der Waals surface area (Å²) < 4.78 is 0. The van der Waals surface area contributed by atoms with E-state index in [9.17, 15) is 0 Å². The Morgan fingerprint density at radius 1 is 1.47 bits per heavy atom. The molecule has 1 rings (SSSR count). The second-order valence-corrected chi connectivity index (χ2v) is 5.42. The largest absolute Gasteiger partial charge is 0.330 e. The number of hydrogen-bond acceptors (Lipinski definition) is 2. The van der Waals surface area contributed by atoms with Crippen molar-refractivity contribution in [3.05, 3.63) is 0 Å². The zero-order valence-corrected chi connectivity index (χ0v) is 10.7. The minimum absolute atomic E-state index is 0.766. The Kier molecular flexibility index (Phi) is 5.62. The third-order valence-corrected chi connectivity index (χ3v) is 3.82. The third kappa shape index (κ3) is 4.12. The molecule has 1 fully saturated rings. The maximum Gasteiger partial charge on any atom is 0.00103 e. The molecule has 2 heteroatoms. The van der Waals surface area contributed by atoms with E-state index in [2.05, 4.69) is 25.7 Å². The van der Waals surface area contributed by atoms with Crippen LogP contribution >= 0.6 is 0 Å². The first kappa shape index (κ1) is 13.0. The van der Waals surface area contributed by atoms with Gasteiger partial charge in [-0.2, -0.15) is 0 Å². The van der Waals surface area contributed by atoms with E-state index >= 15 is 0 Å². The van der Waals surface area contributed by atoms with Crippen molar-refractivity contribution in [1.82, 2.24) is 4.90 Å². The highest BCUT2D eigenvalue weighted by Crippen LogP contribution is 2.23. The van der Waals surface area contributed by atoms with Crippen molar-refractivity contribution in [1.29, 1.82) is 0 Å². The molecular formula is C13H28N2. The maximum atomic E-state index is 5.77. The van der Waals surface area contributed by atoms with Crippen LogP contribution < -0.4 is 5.73 Å². The van der Waals surface area contributed by atoms with Gasteiger partial charge >= 0.3 is 0 Å². The van der Waals surface area contributed by atoms with E-state index in [0.717, 1.165) is 24.3 Å². The van der Waals surface area contributed by atoms with Crippen molar-refractivity contribution in [2.24, 2.45) is 23.5 Å². The van der Waals surface area contributed by atoms with Gasteiger partial charge in [0.15, 0.2) is 0 Å². The van der Waals surface area contributed by atoms with E-state index in [1.165, 1.54) is 38.9 Å². The Morgan fingerprint density at radius 2 is 2.20 bits per heavy atom. The predicted molar refractivity (Wildman–Crippen MR) is 66.8 cm³/mol. The lowest BCUT2D eigenvalue weighted by atomic mass is 9.86. The molecule has 0 aromatic heterocycles. The zero-order valence-electron chi connectivity index (χ0n) is 10.7. The summed E-state index contributed by atoms with van der Waals surface area (Å²) in [4.78, 5) is 2.64. The highest BCUT2D eigenvalue weighted by Gasteiger charge is 2.25. The molecule has 0 radical (unpaired) electrons. The van der Waals surface area contributed by atoms with Crippen LogP contribution in [0.5, 0.6) is 0 Å². The van der Waals surface area contributed by atoms with E-state index in [-0.39, 0.29) is 0 Å². The SMILES string of the molecule is CCCC(C)CN1CCC(CN)C(C)C1. The van der Waals surface area contributed by atoms with Gasteiger partial charge in [0, 0.05) is 13.1 Å². The summed E-state index contributed by atoms with van der Waals surface area (Å²) in [6, 6.07) is 0. The Bertz CT molecular complexity index is 168. The molecule has 90 valence electrons. The van der Waals surface area contributed by atoms with Gasteiger partial charge < -0.3 is 10.6 Å². The van der Waals surface area contributed by atoms with Gasteiger partial charge in [-0.25, -0.2) is 0 Å². The molecule has 0 amide bonds. The van der Waals surface area contributed by atoms with Crippen molar-refractivity contribution in [3.63, 3.8) is 0 Å². The minimum Gasteiger partial charge on any atom is -0.330 e. The molecule has 3 atom stereocenters. The van der Waals surface area contributed by atoms with Crippen molar-refractivity contribution < 1.29 is 0 Å². The second-order valence-electron chi connectivity index (χ2n) is 5.42. The van der Waals surface area contributed by atoms with Crippen LogP contribution in [-0.2, 0) is 0 Å². The molecule has 0 aromatic rings. The highest BCUT2D eigenvalue weighted by molar-refractivity contribution is 4.79. The number of nitrogens with two attached hydrogens (primary N) is 1. The van der Waals surface area contributed by atoms with Crippen LogP contribution in [0.15, 0.2) is 0 Å². The molecule has 0 aliphatic carbocycles. The summed E-state index contributed by atoms with van der Waals surface area (Å²) in [6.07, 6.45) is 3.98. The van der Waals surface area contributed by atoms with E-state index in [0.29, 0.717) is 0 Å². The van der Waals surface area contributed by atoms with Gasteiger partial charge in [-0.05, 0) is 43.7 Å². The molecule has 15 heavy (non-hydrogen) atoms. The highest BCUT2D eigenvalue weighted by atomic mass is 15.1. The average Bonchev–Trinajstić information content (AvgIpc) is 2.18.